The van der Waals surface area contributed by atoms with Crippen LogP contribution in [0, 0.1) is 102 Å². The Kier molecular flexibility index (Phi) is 8.92. The second-order valence-electron chi connectivity index (χ2n) is 14.0. The number of fused-ring (bicyclic) bond motifs is 6. The molecule has 10 nitrogen and oxygen atoms in total. The van der Waals surface area contributed by atoms with Crippen LogP contribution in [0.15, 0.2) is 109 Å². The molecule has 0 aliphatic heterocycles. The normalized spacial score (nSPS) is 10.4. The summed E-state index contributed by atoms with van der Waals surface area (Å²) in [6.07, 6.45) is 0. The van der Waals surface area contributed by atoms with E-state index in [0.717, 1.165) is 15.5 Å². The molecule has 0 spiro atoms. The first kappa shape index (κ1) is 37.5. The molecular formula is C51H18N10S. The second-order valence-corrected chi connectivity index (χ2v) is 15.0. The van der Waals surface area contributed by atoms with Crippen LogP contribution in [-0.2, 0) is 0 Å². The van der Waals surface area contributed by atoms with E-state index in [9.17, 15) is 47.4 Å². The minimum atomic E-state index is -0.0817. The van der Waals surface area contributed by atoms with Gasteiger partial charge in [0.2, 0.25) is 0 Å². The van der Waals surface area contributed by atoms with Crippen LogP contribution < -0.4 is 0 Å². The van der Waals surface area contributed by atoms with Crippen LogP contribution >= 0.6 is 11.3 Å². The Labute approximate surface area is 356 Å². The Morgan fingerprint density at radius 1 is 0.355 bits per heavy atom. The molecule has 0 fully saturated rings. The fourth-order valence-corrected chi connectivity index (χ4v) is 9.78. The van der Waals surface area contributed by atoms with E-state index in [0.29, 0.717) is 32.1 Å². The van der Waals surface area contributed by atoms with Crippen LogP contribution in [-0.4, -0.2) is 4.57 Å². The smallest absolute Gasteiger partial charge is 0.0999 e. The Morgan fingerprint density at radius 3 is 1.11 bits per heavy atom. The predicted molar refractivity (Wildman–Crippen MR) is 232 cm³/mol. The molecule has 0 amide bonds. The summed E-state index contributed by atoms with van der Waals surface area (Å²) in [4.78, 5) is 0. The van der Waals surface area contributed by atoms with E-state index in [-0.39, 0.29) is 83.6 Å². The molecule has 0 bridgehead atoms. The Morgan fingerprint density at radius 2 is 0.710 bits per heavy atom. The number of benzene rings is 7. The number of hydrogen-bond donors (Lipinski definition) is 0. The van der Waals surface area contributed by atoms with Gasteiger partial charge in [-0.15, -0.1) is 11.3 Å². The number of para-hydroxylation sites is 2. The first-order valence-electron chi connectivity index (χ1n) is 18.5. The third kappa shape index (κ3) is 5.40. The molecule has 0 aliphatic carbocycles. The van der Waals surface area contributed by atoms with Gasteiger partial charge in [-0.1, -0.05) is 54.6 Å². The second kappa shape index (κ2) is 14.7. The van der Waals surface area contributed by atoms with E-state index in [1.807, 2.05) is 89.5 Å². The van der Waals surface area contributed by atoms with Gasteiger partial charge in [0.05, 0.1) is 121 Å². The number of aromatic nitrogens is 1. The van der Waals surface area contributed by atoms with Crippen LogP contribution in [0.2, 0.25) is 0 Å². The molecular weight excluding hydrogens is 785 g/mol. The van der Waals surface area contributed by atoms with Crippen molar-refractivity contribution in [3.63, 3.8) is 0 Å². The fraction of sp³-hybridized carbons (Fsp3) is 0. The first-order chi connectivity index (χ1) is 30.4. The van der Waals surface area contributed by atoms with Gasteiger partial charge >= 0.3 is 0 Å². The van der Waals surface area contributed by atoms with Crippen molar-refractivity contribution in [3.05, 3.63) is 159 Å². The summed E-state index contributed by atoms with van der Waals surface area (Å²) in [5, 5.41) is 98.9. The lowest BCUT2D eigenvalue weighted by atomic mass is 9.79. The molecule has 0 aliphatic rings. The van der Waals surface area contributed by atoms with E-state index < -0.39 is 0 Å². The Bertz CT molecular complexity index is 3770. The lowest BCUT2D eigenvalue weighted by Crippen LogP contribution is -2.08. The molecule has 11 heteroatoms. The summed E-state index contributed by atoms with van der Waals surface area (Å²) < 4.78 is 3.15. The van der Waals surface area contributed by atoms with E-state index in [1.54, 1.807) is 0 Å². The van der Waals surface area contributed by atoms with E-state index >= 15 is 0 Å². The van der Waals surface area contributed by atoms with Gasteiger partial charge in [0.25, 0.3) is 0 Å². The molecule has 0 atom stereocenters. The van der Waals surface area contributed by atoms with Crippen LogP contribution in [0.25, 0.3) is 81.0 Å². The van der Waals surface area contributed by atoms with E-state index in [1.165, 1.54) is 47.7 Å². The first-order valence-corrected chi connectivity index (χ1v) is 19.4. The minimum absolute atomic E-state index is 0.00691. The number of nitrogens with zero attached hydrogens (tertiary/aromatic N) is 10. The molecule has 0 saturated heterocycles. The number of hydrogen-bond acceptors (Lipinski definition) is 10. The molecule has 0 saturated carbocycles. The summed E-state index contributed by atoms with van der Waals surface area (Å²) in [5.74, 6) is 0. The van der Waals surface area contributed by atoms with Gasteiger partial charge in [-0.05, 0) is 54.6 Å². The molecule has 7 aromatic carbocycles. The maximum atomic E-state index is 11.0. The van der Waals surface area contributed by atoms with Crippen molar-refractivity contribution >= 4 is 53.3 Å². The highest BCUT2D eigenvalue weighted by Gasteiger charge is 2.34. The van der Waals surface area contributed by atoms with Crippen molar-refractivity contribution in [2.75, 3.05) is 0 Å². The zero-order valence-corrected chi connectivity index (χ0v) is 32.6. The molecule has 2 heterocycles. The summed E-state index contributed by atoms with van der Waals surface area (Å²) in [7, 11) is 0. The van der Waals surface area contributed by atoms with Crippen LogP contribution in [0.5, 0.6) is 0 Å². The summed E-state index contributed by atoms with van der Waals surface area (Å²) in [5.41, 5.74) is 2.61. The summed E-state index contributed by atoms with van der Waals surface area (Å²) in [6.45, 7) is 0. The maximum Gasteiger partial charge on any atom is 0.0999 e. The molecule has 278 valence electrons. The fourth-order valence-electron chi connectivity index (χ4n) is 8.51. The Hall–Kier alpha value is -10.0. The van der Waals surface area contributed by atoms with Gasteiger partial charge in [0, 0.05) is 64.3 Å². The number of rotatable bonds is 4. The minimum Gasteiger partial charge on any atom is -0.308 e. The maximum absolute atomic E-state index is 11.0. The Balaban J connectivity index is 1.77. The van der Waals surface area contributed by atoms with Crippen molar-refractivity contribution < 1.29 is 0 Å². The van der Waals surface area contributed by atoms with Crippen LogP contribution in [0.1, 0.15) is 50.1 Å². The summed E-state index contributed by atoms with van der Waals surface area (Å²) >= 11 is 1.30. The van der Waals surface area contributed by atoms with Crippen molar-refractivity contribution in [2.24, 2.45) is 0 Å². The third-order valence-corrected chi connectivity index (χ3v) is 12.1. The molecule has 0 N–H and O–H groups in total. The standard InChI is InChI=1S/C51H18N10S/c52-19-28-13-31(22-55)43(32(14-28)23-56)47-46-39-9-3-6-12-42(39)62-51(46)49(45-35(26-59)17-30(21-54)18-36(45)27-60)48(44-33(24-57)15-29(20-53)16-34(44)25-58)50(47)61-40-10-4-1-7-37(40)38-8-2-5-11-41(38)61/h1-18H. The monoisotopic (exact) mass is 802 g/mol. The molecule has 2 aromatic heterocycles. The molecule has 62 heavy (non-hydrogen) atoms. The average Bonchev–Trinajstić information content (AvgIpc) is 3.88. The molecule has 0 radical (unpaired) electrons. The van der Waals surface area contributed by atoms with Crippen LogP contribution in [0.3, 0.4) is 0 Å². The largest absolute Gasteiger partial charge is 0.308 e. The SMILES string of the molecule is N#Cc1cc(C#N)c(-c2c(-n3c4ccccc4c4ccccc43)c(-c3c(C#N)cc(C#N)cc3C#N)c3c(sc4ccccc43)c2-c2c(C#N)cc(C#N)cc2C#N)c(C#N)c1. The highest BCUT2D eigenvalue weighted by Crippen LogP contribution is 2.57. The molecule has 9 rings (SSSR count). The van der Waals surface area contributed by atoms with E-state index in [4.69, 9.17) is 0 Å². The zero-order chi connectivity index (χ0) is 43.2. The highest BCUT2D eigenvalue weighted by molar-refractivity contribution is 7.26. The molecule has 0 unspecified atom stereocenters. The number of nitriles is 9. The van der Waals surface area contributed by atoms with Crippen molar-refractivity contribution in [1.82, 2.24) is 4.57 Å². The van der Waals surface area contributed by atoms with Crippen molar-refractivity contribution in [2.45, 2.75) is 0 Å². The van der Waals surface area contributed by atoms with Gasteiger partial charge < -0.3 is 4.57 Å². The van der Waals surface area contributed by atoms with Gasteiger partial charge in [0.1, 0.15) is 0 Å². The predicted octanol–water partition coefficient (Wildman–Crippen LogP) is 11.0. The van der Waals surface area contributed by atoms with Crippen molar-refractivity contribution in [3.8, 4) is 93.7 Å². The molecule has 9 aromatic rings. The lowest BCUT2D eigenvalue weighted by Gasteiger charge is -2.26. The lowest BCUT2D eigenvalue weighted by molar-refractivity contribution is 1.19. The summed E-state index contributed by atoms with van der Waals surface area (Å²) in [6, 6.07) is 50.4. The van der Waals surface area contributed by atoms with Crippen molar-refractivity contribution in [1.29, 1.82) is 47.4 Å². The quantitative estimate of drug-likeness (QED) is 0.165. The highest BCUT2D eigenvalue weighted by atomic mass is 32.1. The number of thiophene rings is 1. The zero-order valence-electron chi connectivity index (χ0n) is 31.8. The van der Waals surface area contributed by atoms with Gasteiger partial charge in [0.15, 0.2) is 0 Å². The average molecular weight is 803 g/mol. The van der Waals surface area contributed by atoms with Gasteiger partial charge in [-0.3, -0.25) is 0 Å². The third-order valence-electron chi connectivity index (χ3n) is 10.9. The van der Waals surface area contributed by atoms with E-state index in [2.05, 4.69) is 42.5 Å². The van der Waals surface area contributed by atoms with Gasteiger partial charge in [-0.2, -0.15) is 47.4 Å². The van der Waals surface area contributed by atoms with Gasteiger partial charge in [-0.25, -0.2) is 0 Å². The van der Waals surface area contributed by atoms with Crippen LogP contribution in [0.4, 0.5) is 0 Å². The topological polar surface area (TPSA) is 219 Å².